The van der Waals surface area contributed by atoms with Crippen molar-refractivity contribution in [3.05, 3.63) is 76.2 Å². The minimum absolute atomic E-state index is 0.183. The summed E-state index contributed by atoms with van der Waals surface area (Å²) in [5.74, 6) is -0.0597. The number of methoxy groups -OCH3 is 1. The van der Waals surface area contributed by atoms with E-state index in [1.54, 1.807) is 38.3 Å². The van der Waals surface area contributed by atoms with E-state index in [1.807, 2.05) is 29.6 Å². The fourth-order valence-corrected chi connectivity index (χ4v) is 4.27. The smallest absolute Gasteiger partial charge is 0.338 e. The number of thiophene rings is 1. The summed E-state index contributed by atoms with van der Waals surface area (Å²) in [7, 11) is 1.60. The van der Waals surface area contributed by atoms with E-state index in [0.717, 1.165) is 16.9 Å². The van der Waals surface area contributed by atoms with Crippen molar-refractivity contribution in [2.24, 2.45) is 0 Å². The highest BCUT2D eigenvalue weighted by molar-refractivity contribution is 7.17. The van der Waals surface area contributed by atoms with Crippen LogP contribution >= 0.6 is 11.3 Å². The van der Waals surface area contributed by atoms with Gasteiger partial charge in [0.2, 0.25) is 5.91 Å². The van der Waals surface area contributed by atoms with Gasteiger partial charge in [-0.1, -0.05) is 12.1 Å². The van der Waals surface area contributed by atoms with Crippen molar-refractivity contribution in [3.8, 4) is 16.9 Å². The number of carbonyl (C=O) groups excluding carboxylic acids is 2. The van der Waals surface area contributed by atoms with Crippen molar-refractivity contribution in [2.75, 3.05) is 19.0 Å². The highest BCUT2D eigenvalue weighted by Crippen LogP contribution is 2.31. The molecule has 168 valence electrons. The van der Waals surface area contributed by atoms with E-state index >= 15 is 0 Å². The first kappa shape index (κ1) is 22.2. The molecule has 0 fully saturated rings. The number of nitrogens with zero attached hydrogens (tertiary/aromatic N) is 2. The zero-order valence-corrected chi connectivity index (χ0v) is 18.8. The molecule has 0 spiro atoms. The molecule has 0 radical (unpaired) electrons. The quantitative estimate of drug-likeness (QED) is 0.417. The molecule has 1 N–H and O–H groups in total. The number of nitrogens with one attached hydrogen (secondary N) is 1. The van der Waals surface area contributed by atoms with E-state index in [1.165, 1.54) is 22.2 Å². The molecule has 4 rings (SSSR count). The number of ether oxygens (including phenoxy) is 2. The monoisotopic (exact) mass is 463 g/mol. The second-order valence-electron chi connectivity index (χ2n) is 7.08. The lowest BCUT2D eigenvalue weighted by Gasteiger charge is -2.08. The van der Waals surface area contributed by atoms with E-state index in [9.17, 15) is 14.4 Å². The number of benzene rings is 2. The summed E-state index contributed by atoms with van der Waals surface area (Å²) >= 11 is 1.30. The number of esters is 1. The molecule has 2 aromatic heterocycles. The number of amides is 1. The van der Waals surface area contributed by atoms with Crippen molar-refractivity contribution >= 4 is 39.1 Å². The van der Waals surface area contributed by atoms with Gasteiger partial charge >= 0.3 is 5.97 Å². The van der Waals surface area contributed by atoms with Crippen LogP contribution in [0.25, 0.3) is 21.3 Å². The van der Waals surface area contributed by atoms with Gasteiger partial charge in [0.1, 0.15) is 17.0 Å². The van der Waals surface area contributed by atoms with Gasteiger partial charge in [0.05, 0.1) is 31.1 Å². The van der Waals surface area contributed by atoms with Gasteiger partial charge < -0.3 is 14.8 Å². The number of aromatic nitrogens is 2. The minimum atomic E-state index is -0.425. The van der Waals surface area contributed by atoms with E-state index in [2.05, 4.69) is 10.3 Å². The number of anilines is 1. The topological polar surface area (TPSA) is 99.5 Å². The van der Waals surface area contributed by atoms with Crippen LogP contribution in [0.3, 0.4) is 0 Å². The molecule has 0 saturated carbocycles. The fraction of sp³-hybridized carbons (Fsp3) is 0.167. The van der Waals surface area contributed by atoms with Crippen LogP contribution in [0.1, 0.15) is 17.3 Å². The zero-order chi connectivity index (χ0) is 23.4. The van der Waals surface area contributed by atoms with Crippen LogP contribution in [0.5, 0.6) is 5.75 Å². The van der Waals surface area contributed by atoms with E-state index in [4.69, 9.17) is 9.47 Å². The van der Waals surface area contributed by atoms with Crippen molar-refractivity contribution in [3.63, 3.8) is 0 Å². The maximum absolute atomic E-state index is 12.9. The summed E-state index contributed by atoms with van der Waals surface area (Å²) < 4.78 is 11.9. The molecule has 4 aromatic rings. The summed E-state index contributed by atoms with van der Waals surface area (Å²) in [4.78, 5) is 41.6. The van der Waals surface area contributed by atoms with Crippen LogP contribution in [0.15, 0.2) is 65.0 Å². The van der Waals surface area contributed by atoms with Crippen LogP contribution in [-0.2, 0) is 16.1 Å². The van der Waals surface area contributed by atoms with Gasteiger partial charge in [-0.3, -0.25) is 14.2 Å². The molecule has 0 bridgehead atoms. The first-order valence-corrected chi connectivity index (χ1v) is 11.1. The van der Waals surface area contributed by atoms with Crippen molar-refractivity contribution in [2.45, 2.75) is 13.5 Å². The Kier molecular flexibility index (Phi) is 6.50. The molecule has 0 aliphatic rings. The molecule has 2 aromatic carbocycles. The molecular formula is C24H21N3O5S. The van der Waals surface area contributed by atoms with Crippen molar-refractivity contribution in [1.82, 2.24) is 9.55 Å². The molecule has 9 heteroatoms. The second kappa shape index (κ2) is 9.66. The van der Waals surface area contributed by atoms with Crippen LogP contribution in [0.2, 0.25) is 0 Å². The third-order valence-electron chi connectivity index (χ3n) is 4.94. The predicted molar refractivity (Wildman–Crippen MR) is 127 cm³/mol. The van der Waals surface area contributed by atoms with Gasteiger partial charge in [-0.05, 0) is 48.9 Å². The molecule has 33 heavy (non-hydrogen) atoms. The standard InChI is InChI=1S/C24H21N3O5S/c1-3-32-24(30)16-4-8-17(9-5-16)26-20(28)12-27-14-25-21-19(13-33-22(21)23(27)29)15-6-10-18(31-2)11-7-15/h4-11,13-14H,3,12H2,1-2H3,(H,26,28). The normalized spacial score (nSPS) is 10.7. The zero-order valence-electron chi connectivity index (χ0n) is 18.0. The van der Waals surface area contributed by atoms with E-state index in [-0.39, 0.29) is 24.6 Å². The number of hydrogen-bond acceptors (Lipinski definition) is 7. The Labute approximate surface area is 193 Å². The number of hydrogen-bond donors (Lipinski definition) is 1. The average Bonchev–Trinajstić information content (AvgIpc) is 3.26. The van der Waals surface area contributed by atoms with Crippen LogP contribution < -0.4 is 15.6 Å². The Balaban J connectivity index is 1.49. The molecule has 0 aliphatic heterocycles. The summed E-state index contributed by atoms with van der Waals surface area (Å²) in [6, 6.07) is 13.9. The Morgan fingerprint density at radius 3 is 2.48 bits per heavy atom. The maximum Gasteiger partial charge on any atom is 0.338 e. The second-order valence-corrected chi connectivity index (χ2v) is 7.96. The minimum Gasteiger partial charge on any atom is -0.497 e. The highest BCUT2D eigenvalue weighted by atomic mass is 32.1. The third-order valence-corrected chi connectivity index (χ3v) is 5.90. The van der Waals surface area contributed by atoms with Gasteiger partial charge in [0.25, 0.3) is 5.56 Å². The summed E-state index contributed by atoms with van der Waals surface area (Å²) in [5, 5.41) is 4.60. The third kappa shape index (κ3) is 4.78. The average molecular weight is 464 g/mol. The van der Waals surface area contributed by atoms with Gasteiger partial charge in [-0.15, -0.1) is 11.3 Å². The summed E-state index contributed by atoms with van der Waals surface area (Å²) in [5.41, 5.74) is 3.00. The van der Waals surface area contributed by atoms with Gasteiger partial charge in [-0.2, -0.15) is 0 Å². The molecular weight excluding hydrogens is 442 g/mol. The van der Waals surface area contributed by atoms with Crippen LogP contribution in [0, 0.1) is 0 Å². The summed E-state index contributed by atoms with van der Waals surface area (Å²) in [6.45, 7) is 1.84. The van der Waals surface area contributed by atoms with Gasteiger partial charge in [0, 0.05) is 16.6 Å². The lowest BCUT2D eigenvalue weighted by molar-refractivity contribution is -0.116. The fourth-order valence-electron chi connectivity index (χ4n) is 3.29. The summed E-state index contributed by atoms with van der Waals surface area (Å²) in [6.07, 6.45) is 1.38. The Bertz CT molecular complexity index is 1360. The molecule has 0 saturated heterocycles. The SMILES string of the molecule is CCOC(=O)c1ccc(NC(=O)Cn2cnc3c(-c4ccc(OC)cc4)csc3c2=O)cc1. The molecule has 2 heterocycles. The number of rotatable bonds is 7. The molecule has 0 unspecified atom stereocenters. The van der Waals surface area contributed by atoms with Gasteiger partial charge in [0.15, 0.2) is 0 Å². The lowest BCUT2D eigenvalue weighted by atomic mass is 10.1. The van der Waals surface area contributed by atoms with Crippen molar-refractivity contribution in [1.29, 1.82) is 0 Å². The van der Waals surface area contributed by atoms with E-state index in [0.29, 0.717) is 21.5 Å². The molecule has 1 amide bonds. The van der Waals surface area contributed by atoms with Crippen LogP contribution in [-0.4, -0.2) is 35.1 Å². The number of carbonyl (C=O) groups is 2. The molecule has 0 atom stereocenters. The maximum atomic E-state index is 12.9. The molecule has 8 nitrogen and oxygen atoms in total. The Morgan fingerprint density at radius 1 is 1.09 bits per heavy atom. The highest BCUT2D eigenvalue weighted by Gasteiger charge is 2.14. The van der Waals surface area contributed by atoms with Crippen molar-refractivity contribution < 1.29 is 19.1 Å². The van der Waals surface area contributed by atoms with Gasteiger partial charge in [-0.25, -0.2) is 9.78 Å². The number of fused-ring (bicyclic) bond motifs is 1. The molecule has 0 aliphatic carbocycles. The Morgan fingerprint density at radius 2 is 1.82 bits per heavy atom. The van der Waals surface area contributed by atoms with E-state index < -0.39 is 5.97 Å². The largest absolute Gasteiger partial charge is 0.497 e. The lowest BCUT2D eigenvalue weighted by Crippen LogP contribution is -2.27. The first-order chi connectivity index (χ1) is 16.0. The first-order valence-electron chi connectivity index (χ1n) is 10.2. The predicted octanol–water partition coefficient (Wildman–Crippen LogP) is 3.95. The van der Waals surface area contributed by atoms with Crippen LogP contribution in [0.4, 0.5) is 5.69 Å². The Hall–Kier alpha value is -3.98.